The summed E-state index contributed by atoms with van der Waals surface area (Å²) in [6.45, 7) is 2.83. The van der Waals surface area contributed by atoms with Gasteiger partial charge >= 0.3 is 0 Å². The SMILES string of the molecule is CCCCOc1ccc(/C=N\OCc2nc(-c3cccc(Cl)c3)no2)cc1OC. The summed E-state index contributed by atoms with van der Waals surface area (Å²) in [6.07, 6.45) is 3.65. The van der Waals surface area contributed by atoms with Gasteiger partial charge in [-0.05, 0) is 36.8 Å². The van der Waals surface area contributed by atoms with Gasteiger partial charge in [0, 0.05) is 16.1 Å². The van der Waals surface area contributed by atoms with E-state index < -0.39 is 0 Å². The van der Waals surface area contributed by atoms with Crippen LogP contribution < -0.4 is 9.47 Å². The highest BCUT2D eigenvalue weighted by Gasteiger charge is 2.09. The third kappa shape index (κ3) is 5.96. The quantitative estimate of drug-likeness (QED) is 0.259. The summed E-state index contributed by atoms with van der Waals surface area (Å²) in [6, 6.07) is 12.8. The number of nitrogens with zero attached hydrogens (tertiary/aromatic N) is 3. The number of oxime groups is 1. The third-order valence-electron chi connectivity index (χ3n) is 3.96. The first kappa shape index (κ1) is 20.7. The van der Waals surface area contributed by atoms with Gasteiger partial charge in [-0.15, -0.1) is 0 Å². The van der Waals surface area contributed by atoms with Crippen molar-refractivity contribution in [1.82, 2.24) is 10.1 Å². The second-order valence-electron chi connectivity index (χ2n) is 6.14. The minimum absolute atomic E-state index is 0.0550. The molecule has 0 amide bonds. The molecular weight excluding hydrogens is 394 g/mol. The summed E-state index contributed by atoms with van der Waals surface area (Å²) < 4.78 is 16.3. The molecule has 1 heterocycles. The molecular formula is C21H22ClN3O4. The monoisotopic (exact) mass is 415 g/mol. The Morgan fingerprint density at radius 1 is 1.17 bits per heavy atom. The van der Waals surface area contributed by atoms with Gasteiger partial charge in [0.15, 0.2) is 18.1 Å². The summed E-state index contributed by atoms with van der Waals surface area (Å²) in [5.41, 5.74) is 1.58. The molecule has 152 valence electrons. The molecule has 0 spiro atoms. The van der Waals surface area contributed by atoms with Crippen molar-refractivity contribution in [3.63, 3.8) is 0 Å². The average Bonchev–Trinajstić information content (AvgIpc) is 3.21. The van der Waals surface area contributed by atoms with Crippen LogP contribution in [0, 0.1) is 0 Å². The summed E-state index contributed by atoms with van der Waals surface area (Å²) in [5.74, 6) is 2.11. The highest BCUT2D eigenvalue weighted by atomic mass is 35.5. The van der Waals surface area contributed by atoms with Crippen LogP contribution in [0.3, 0.4) is 0 Å². The number of halogens is 1. The number of ether oxygens (including phenoxy) is 2. The van der Waals surface area contributed by atoms with E-state index in [0.717, 1.165) is 24.0 Å². The molecule has 7 nitrogen and oxygen atoms in total. The van der Waals surface area contributed by atoms with E-state index in [9.17, 15) is 0 Å². The van der Waals surface area contributed by atoms with Crippen molar-refractivity contribution >= 4 is 17.8 Å². The fourth-order valence-electron chi connectivity index (χ4n) is 2.46. The fraction of sp³-hybridized carbons (Fsp3) is 0.286. The normalized spacial score (nSPS) is 11.0. The van der Waals surface area contributed by atoms with Crippen LogP contribution >= 0.6 is 11.6 Å². The zero-order chi connectivity index (χ0) is 20.5. The molecule has 0 radical (unpaired) electrons. The molecule has 0 aliphatic heterocycles. The van der Waals surface area contributed by atoms with Gasteiger partial charge in [-0.2, -0.15) is 4.98 Å². The molecule has 0 atom stereocenters. The zero-order valence-corrected chi connectivity index (χ0v) is 17.1. The van der Waals surface area contributed by atoms with Gasteiger partial charge < -0.3 is 18.8 Å². The lowest BCUT2D eigenvalue weighted by molar-refractivity contribution is 0.107. The van der Waals surface area contributed by atoms with E-state index in [-0.39, 0.29) is 6.61 Å². The number of unbranched alkanes of at least 4 members (excludes halogenated alkanes) is 1. The Bertz CT molecular complexity index is 959. The number of rotatable bonds is 10. The highest BCUT2D eigenvalue weighted by Crippen LogP contribution is 2.27. The summed E-state index contributed by atoms with van der Waals surface area (Å²) in [4.78, 5) is 9.52. The number of aromatic nitrogens is 2. The first-order valence-electron chi connectivity index (χ1n) is 9.24. The van der Waals surface area contributed by atoms with Crippen molar-refractivity contribution in [1.29, 1.82) is 0 Å². The van der Waals surface area contributed by atoms with Crippen molar-refractivity contribution in [2.45, 2.75) is 26.4 Å². The van der Waals surface area contributed by atoms with Crippen LogP contribution in [-0.2, 0) is 11.4 Å². The molecule has 0 fully saturated rings. The van der Waals surface area contributed by atoms with E-state index >= 15 is 0 Å². The van der Waals surface area contributed by atoms with Crippen LogP contribution in [-0.4, -0.2) is 30.1 Å². The molecule has 0 unspecified atom stereocenters. The van der Waals surface area contributed by atoms with Crippen LogP contribution in [0.4, 0.5) is 0 Å². The average molecular weight is 416 g/mol. The first-order valence-corrected chi connectivity index (χ1v) is 9.62. The molecule has 0 N–H and O–H groups in total. The van der Waals surface area contributed by atoms with Gasteiger partial charge in [0.05, 0.1) is 19.9 Å². The fourth-order valence-corrected chi connectivity index (χ4v) is 2.65. The molecule has 0 aliphatic rings. The Morgan fingerprint density at radius 3 is 2.86 bits per heavy atom. The summed E-state index contributed by atoms with van der Waals surface area (Å²) in [5, 5.41) is 8.47. The van der Waals surface area contributed by atoms with Crippen molar-refractivity contribution in [2.24, 2.45) is 5.16 Å². The third-order valence-corrected chi connectivity index (χ3v) is 4.19. The second-order valence-corrected chi connectivity index (χ2v) is 6.58. The Kier molecular flexibility index (Phi) is 7.47. The first-order chi connectivity index (χ1) is 14.2. The van der Waals surface area contributed by atoms with Crippen LogP contribution in [0.5, 0.6) is 11.5 Å². The maximum Gasteiger partial charge on any atom is 0.267 e. The topological polar surface area (TPSA) is 79.0 Å². The Hall–Kier alpha value is -3.06. The van der Waals surface area contributed by atoms with Gasteiger partial charge in [-0.3, -0.25) is 0 Å². The zero-order valence-electron chi connectivity index (χ0n) is 16.3. The highest BCUT2D eigenvalue weighted by molar-refractivity contribution is 6.30. The minimum atomic E-state index is 0.0550. The molecule has 0 saturated carbocycles. The molecule has 1 aromatic heterocycles. The summed E-state index contributed by atoms with van der Waals surface area (Å²) >= 11 is 5.98. The molecule has 0 aliphatic carbocycles. The van der Waals surface area contributed by atoms with Gasteiger partial charge in [0.25, 0.3) is 5.89 Å². The predicted molar refractivity (Wildman–Crippen MR) is 111 cm³/mol. The summed E-state index contributed by atoms with van der Waals surface area (Å²) in [7, 11) is 1.60. The number of benzene rings is 2. The van der Waals surface area contributed by atoms with E-state index in [1.54, 1.807) is 25.5 Å². The van der Waals surface area contributed by atoms with Crippen LogP contribution in [0.2, 0.25) is 5.02 Å². The van der Waals surface area contributed by atoms with E-state index in [0.29, 0.717) is 34.8 Å². The van der Waals surface area contributed by atoms with E-state index in [2.05, 4.69) is 22.2 Å². The standard InChI is InChI=1S/C21H22ClN3O4/c1-3-4-10-27-18-9-8-15(11-19(18)26-2)13-23-28-14-20-24-21(25-29-20)16-6-5-7-17(22)12-16/h5-9,11-13H,3-4,10,14H2,1-2H3/b23-13-. The smallest absolute Gasteiger partial charge is 0.267 e. The molecule has 3 rings (SSSR count). The number of hydrogen-bond donors (Lipinski definition) is 0. The second kappa shape index (κ2) is 10.5. The van der Waals surface area contributed by atoms with Crippen LogP contribution in [0.15, 0.2) is 52.1 Å². The van der Waals surface area contributed by atoms with Gasteiger partial charge in [0.2, 0.25) is 5.82 Å². The van der Waals surface area contributed by atoms with Crippen molar-refractivity contribution in [3.8, 4) is 22.9 Å². The van der Waals surface area contributed by atoms with Crippen molar-refractivity contribution in [3.05, 3.63) is 58.9 Å². The minimum Gasteiger partial charge on any atom is -0.493 e. The van der Waals surface area contributed by atoms with E-state index in [1.807, 2.05) is 30.3 Å². The van der Waals surface area contributed by atoms with Crippen LogP contribution in [0.1, 0.15) is 31.2 Å². The van der Waals surface area contributed by atoms with E-state index in [4.69, 9.17) is 30.4 Å². The lowest BCUT2D eigenvalue weighted by atomic mass is 10.2. The predicted octanol–water partition coefficient (Wildman–Crippen LogP) is 5.13. The Labute approximate surface area is 174 Å². The van der Waals surface area contributed by atoms with Gasteiger partial charge in [-0.1, -0.05) is 47.4 Å². The molecule has 0 saturated heterocycles. The van der Waals surface area contributed by atoms with Crippen molar-refractivity contribution < 1.29 is 18.8 Å². The number of methoxy groups -OCH3 is 1. The molecule has 3 aromatic rings. The Balaban J connectivity index is 1.55. The van der Waals surface area contributed by atoms with Crippen LogP contribution in [0.25, 0.3) is 11.4 Å². The molecule has 29 heavy (non-hydrogen) atoms. The van der Waals surface area contributed by atoms with Gasteiger partial charge in [-0.25, -0.2) is 0 Å². The maximum atomic E-state index is 5.98. The molecule has 2 aromatic carbocycles. The van der Waals surface area contributed by atoms with Gasteiger partial charge in [0.1, 0.15) is 0 Å². The van der Waals surface area contributed by atoms with Crippen molar-refractivity contribution in [2.75, 3.05) is 13.7 Å². The lowest BCUT2D eigenvalue weighted by Gasteiger charge is -2.10. The maximum absolute atomic E-state index is 5.98. The Morgan fingerprint density at radius 2 is 2.07 bits per heavy atom. The van der Waals surface area contributed by atoms with E-state index in [1.165, 1.54) is 0 Å². The molecule has 8 heteroatoms. The largest absolute Gasteiger partial charge is 0.493 e. The number of hydrogen-bond acceptors (Lipinski definition) is 7. The lowest BCUT2D eigenvalue weighted by Crippen LogP contribution is -1.99. The molecule has 0 bridgehead atoms.